The number of rotatable bonds is 4. The van der Waals surface area contributed by atoms with E-state index in [1.807, 2.05) is 0 Å². The predicted molar refractivity (Wildman–Crippen MR) is 141 cm³/mol. The summed E-state index contributed by atoms with van der Waals surface area (Å²) in [7, 11) is 10.0. The van der Waals surface area contributed by atoms with Gasteiger partial charge in [0.1, 0.15) is 22.9 Å². The third-order valence-corrected chi connectivity index (χ3v) is 8.24. The van der Waals surface area contributed by atoms with Crippen LogP contribution >= 0.6 is 0 Å². The quantitative estimate of drug-likeness (QED) is 0.380. The molecule has 0 spiro atoms. The van der Waals surface area contributed by atoms with Crippen LogP contribution in [0.25, 0.3) is 5.76 Å². The van der Waals surface area contributed by atoms with Gasteiger partial charge in [0.25, 0.3) is 11.8 Å². The minimum atomic E-state index is -2.09. The standard InChI is InChI=1S/C27H36N4O7/c1-27(38)18-13(20(30(4)5)24(35)19(27)25(28)36)9-11-8-12-15(29(2)3)10-14(26(37)31(6)7)21(32)17(12)22(33)16(11)23(18)34/h10-11,13,18,20,32-33,35,38H,8-9H2,1-7H3,(H2,28,36)/t11?,13?,18?,20-,27?/m0/s1. The highest BCUT2D eigenvalue weighted by Gasteiger charge is 2.60. The number of primary amides is 1. The Morgan fingerprint density at radius 2 is 1.68 bits per heavy atom. The number of ketones is 1. The summed E-state index contributed by atoms with van der Waals surface area (Å²) in [6, 6.07) is 0.808. The van der Waals surface area contributed by atoms with E-state index < -0.39 is 64.1 Å². The van der Waals surface area contributed by atoms with Gasteiger partial charge in [0.2, 0.25) is 0 Å². The first-order valence-corrected chi connectivity index (χ1v) is 12.4. The number of nitrogens with zero attached hydrogens (tertiary/aromatic N) is 3. The molecule has 6 N–H and O–H groups in total. The Hall–Kier alpha value is -3.57. The Kier molecular flexibility index (Phi) is 6.52. The van der Waals surface area contributed by atoms with Crippen molar-refractivity contribution >= 4 is 29.0 Å². The Bertz CT molecular complexity index is 1310. The summed E-state index contributed by atoms with van der Waals surface area (Å²) in [4.78, 5) is 44.0. The molecule has 1 saturated carbocycles. The summed E-state index contributed by atoms with van der Waals surface area (Å²) in [5.41, 5.74) is 4.22. The molecule has 0 aromatic heterocycles. The Morgan fingerprint density at radius 3 is 2.18 bits per heavy atom. The molecule has 1 aromatic rings. The minimum absolute atomic E-state index is 0.00701. The van der Waals surface area contributed by atoms with Crippen molar-refractivity contribution in [2.75, 3.05) is 47.2 Å². The van der Waals surface area contributed by atoms with Gasteiger partial charge in [0.15, 0.2) is 5.78 Å². The summed E-state index contributed by atoms with van der Waals surface area (Å²) in [6.07, 6.45) is 0.576. The van der Waals surface area contributed by atoms with Crippen LogP contribution < -0.4 is 10.6 Å². The molecule has 3 aliphatic carbocycles. The van der Waals surface area contributed by atoms with E-state index >= 15 is 0 Å². The van der Waals surface area contributed by atoms with Crippen molar-refractivity contribution in [2.45, 2.75) is 31.4 Å². The average molecular weight is 529 g/mol. The molecule has 1 aromatic carbocycles. The van der Waals surface area contributed by atoms with Crippen LogP contribution in [0.3, 0.4) is 0 Å². The van der Waals surface area contributed by atoms with Crippen molar-refractivity contribution < 1.29 is 34.8 Å². The number of phenolic OH excluding ortho intramolecular Hbond substituents is 1. The molecule has 0 bridgehead atoms. The number of nitrogens with two attached hydrogens (primary N) is 1. The second-order valence-corrected chi connectivity index (χ2v) is 11.3. The largest absolute Gasteiger partial charge is 0.510 e. The number of phenols is 1. The molecule has 5 atom stereocenters. The molecule has 0 heterocycles. The molecule has 11 heteroatoms. The van der Waals surface area contributed by atoms with Crippen LogP contribution in [0.2, 0.25) is 0 Å². The fraction of sp³-hybridized carbons (Fsp3) is 0.519. The molecule has 3 aliphatic rings. The lowest BCUT2D eigenvalue weighted by Crippen LogP contribution is -2.61. The smallest absolute Gasteiger partial charge is 0.257 e. The molecule has 4 rings (SSSR count). The number of carbonyl (C=O) groups is 3. The maximum atomic E-state index is 14.1. The number of allylic oxidation sites excluding steroid dienone is 1. The molecule has 1 fully saturated rings. The van der Waals surface area contributed by atoms with E-state index in [4.69, 9.17) is 5.73 Å². The van der Waals surface area contributed by atoms with Gasteiger partial charge in [-0.1, -0.05) is 0 Å². The van der Waals surface area contributed by atoms with Crippen LogP contribution in [0, 0.1) is 17.8 Å². The van der Waals surface area contributed by atoms with E-state index in [2.05, 4.69) is 0 Å². The number of fused-ring (bicyclic) bond motifs is 3. The first-order valence-electron chi connectivity index (χ1n) is 12.4. The van der Waals surface area contributed by atoms with Gasteiger partial charge in [-0.15, -0.1) is 0 Å². The maximum Gasteiger partial charge on any atom is 0.257 e. The van der Waals surface area contributed by atoms with Gasteiger partial charge in [-0.05, 0) is 57.3 Å². The van der Waals surface area contributed by atoms with Crippen LogP contribution in [-0.2, 0) is 16.0 Å². The van der Waals surface area contributed by atoms with Gasteiger partial charge in [-0.3, -0.25) is 19.3 Å². The van der Waals surface area contributed by atoms with Crippen LogP contribution in [0.5, 0.6) is 5.75 Å². The number of hydrogen-bond donors (Lipinski definition) is 5. The summed E-state index contributed by atoms with van der Waals surface area (Å²) in [6.45, 7) is 1.27. The van der Waals surface area contributed by atoms with E-state index in [0.717, 1.165) is 0 Å². The van der Waals surface area contributed by atoms with Gasteiger partial charge >= 0.3 is 0 Å². The number of likely N-dealkylation sites (N-methyl/N-ethyl adjacent to an activating group) is 1. The van der Waals surface area contributed by atoms with E-state index in [1.54, 1.807) is 58.2 Å². The molecular formula is C27H36N4O7. The number of amides is 2. The normalized spacial score (nSPS) is 28.6. The van der Waals surface area contributed by atoms with Gasteiger partial charge in [-0.25, -0.2) is 0 Å². The minimum Gasteiger partial charge on any atom is -0.510 e. The van der Waals surface area contributed by atoms with Crippen molar-refractivity contribution in [3.63, 3.8) is 0 Å². The molecular weight excluding hydrogens is 492 g/mol. The number of hydrogen-bond acceptors (Lipinski definition) is 9. The summed E-state index contributed by atoms with van der Waals surface area (Å²) in [5.74, 6) is -5.63. The van der Waals surface area contributed by atoms with Gasteiger partial charge in [0, 0.05) is 39.5 Å². The van der Waals surface area contributed by atoms with Crippen molar-refractivity contribution in [3.05, 3.63) is 39.7 Å². The summed E-state index contributed by atoms with van der Waals surface area (Å²) < 4.78 is 0. The number of aliphatic hydroxyl groups is 3. The van der Waals surface area contributed by atoms with Gasteiger partial charge < -0.3 is 36.0 Å². The highest BCUT2D eigenvalue weighted by Crippen LogP contribution is 2.55. The first kappa shape index (κ1) is 27.5. The van der Waals surface area contributed by atoms with Crippen molar-refractivity contribution in [1.82, 2.24) is 9.80 Å². The highest BCUT2D eigenvalue weighted by molar-refractivity contribution is 6.09. The van der Waals surface area contributed by atoms with Crippen LogP contribution in [0.4, 0.5) is 5.69 Å². The van der Waals surface area contributed by atoms with Crippen molar-refractivity contribution in [3.8, 4) is 5.75 Å². The van der Waals surface area contributed by atoms with E-state index in [-0.39, 0.29) is 28.9 Å². The molecule has 0 aliphatic heterocycles. The zero-order valence-corrected chi connectivity index (χ0v) is 22.7. The van der Waals surface area contributed by atoms with E-state index in [1.165, 1.54) is 11.8 Å². The molecule has 2 amide bonds. The lowest BCUT2D eigenvalue weighted by atomic mass is 9.55. The monoisotopic (exact) mass is 528 g/mol. The molecule has 4 unspecified atom stereocenters. The second-order valence-electron chi connectivity index (χ2n) is 11.3. The maximum absolute atomic E-state index is 14.1. The summed E-state index contributed by atoms with van der Waals surface area (Å²) >= 11 is 0. The molecule has 38 heavy (non-hydrogen) atoms. The lowest BCUT2D eigenvalue weighted by molar-refractivity contribution is -0.139. The van der Waals surface area contributed by atoms with Gasteiger partial charge in [-0.2, -0.15) is 0 Å². The van der Waals surface area contributed by atoms with Crippen LogP contribution in [0.15, 0.2) is 23.0 Å². The number of carbonyl (C=O) groups excluding carboxylic acids is 3. The third kappa shape index (κ3) is 3.75. The molecule has 11 nitrogen and oxygen atoms in total. The average Bonchev–Trinajstić information content (AvgIpc) is 2.76. The Morgan fingerprint density at radius 1 is 1.08 bits per heavy atom. The van der Waals surface area contributed by atoms with Crippen molar-refractivity contribution in [2.24, 2.45) is 23.5 Å². The third-order valence-electron chi connectivity index (χ3n) is 8.24. The molecule has 206 valence electrons. The highest BCUT2D eigenvalue weighted by atomic mass is 16.3. The number of aromatic hydroxyl groups is 1. The topological polar surface area (TPSA) is 168 Å². The fourth-order valence-corrected chi connectivity index (χ4v) is 6.74. The molecule has 0 saturated heterocycles. The Balaban J connectivity index is 1.98. The number of benzene rings is 1. The summed E-state index contributed by atoms with van der Waals surface area (Å²) in [5, 5.41) is 45.2. The number of anilines is 1. The zero-order valence-electron chi connectivity index (χ0n) is 22.7. The van der Waals surface area contributed by atoms with E-state index in [9.17, 15) is 34.8 Å². The van der Waals surface area contributed by atoms with Crippen LogP contribution in [0.1, 0.15) is 34.8 Å². The van der Waals surface area contributed by atoms with Gasteiger partial charge in [0.05, 0.1) is 28.7 Å². The van der Waals surface area contributed by atoms with Crippen molar-refractivity contribution in [1.29, 1.82) is 0 Å². The predicted octanol–water partition coefficient (Wildman–Crippen LogP) is 0.799. The SMILES string of the molecule is CN(C)C(=O)c1cc(N(C)C)c2c(c1O)C(O)=C1C(=O)C3C(CC1C2)[C@H](N(C)C)C(O)=C(C(N)=O)C3(C)O. The fourth-order valence-electron chi connectivity index (χ4n) is 6.74. The number of Topliss-reactive ketones (excluding diaryl/α,β-unsaturated/α-hetero) is 1. The Labute approximate surface area is 221 Å². The first-order chi connectivity index (χ1) is 17.5. The van der Waals surface area contributed by atoms with E-state index in [0.29, 0.717) is 17.7 Å². The zero-order chi connectivity index (χ0) is 28.6. The molecule has 0 radical (unpaired) electrons. The second kappa shape index (κ2) is 9.02. The lowest BCUT2D eigenvalue weighted by Gasteiger charge is -2.52. The van der Waals surface area contributed by atoms with Crippen LogP contribution in [-0.4, -0.2) is 102 Å². The number of aliphatic hydroxyl groups excluding tert-OH is 2.